The predicted molar refractivity (Wildman–Crippen MR) is 73.9 cm³/mol. The van der Waals surface area contributed by atoms with Crippen molar-refractivity contribution in [1.82, 2.24) is 10.2 Å². The summed E-state index contributed by atoms with van der Waals surface area (Å²) in [6.45, 7) is 5.03. The number of ether oxygens (including phenoxy) is 1. The highest BCUT2D eigenvalue weighted by Gasteiger charge is 2.43. The lowest BCUT2D eigenvalue weighted by Gasteiger charge is -2.33. The summed E-state index contributed by atoms with van der Waals surface area (Å²) in [5.74, 6) is 0.384. The Morgan fingerprint density at radius 2 is 2.21 bits per heavy atom. The van der Waals surface area contributed by atoms with Crippen LogP contribution in [-0.4, -0.2) is 49.7 Å². The van der Waals surface area contributed by atoms with Gasteiger partial charge in [-0.1, -0.05) is 0 Å². The second-order valence-electron chi connectivity index (χ2n) is 6.52. The third-order valence-corrected chi connectivity index (χ3v) is 5.05. The lowest BCUT2D eigenvalue weighted by molar-refractivity contribution is -0.127. The smallest absolute Gasteiger partial charge is 0.223 e. The molecule has 0 radical (unpaired) electrons. The summed E-state index contributed by atoms with van der Waals surface area (Å²) in [6.07, 6.45) is 8.23. The number of carbonyl (C=O) groups excluding carboxylic acids is 1. The first kappa shape index (κ1) is 13.4. The molecule has 1 N–H and O–H groups in total. The van der Waals surface area contributed by atoms with E-state index < -0.39 is 0 Å². The number of amides is 1. The summed E-state index contributed by atoms with van der Waals surface area (Å²) in [7, 11) is 0. The van der Waals surface area contributed by atoms with E-state index in [0.717, 1.165) is 52.0 Å². The number of rotatable bonds is 4. The van der Waals surface area contributed by atoms with Crippen LogP contribution in [0.15, 0.2) is 0 Å². The van der Waals surface area contributed by atoms with Gasteiger partial charge in [0.1, 0.15) is 0 Å². The molecule has 3 rings (SSSR count). The Labute approximate surface area is 115 Å². The third-order valence-electron chi connectivity index (χ3n) is 5.05. The number of hydrogen-bond acceptors (Lipinski definition) is 3. The molecule has 4 heteroatoms. The highest BCUT2D eigenvalue weighted by Crippen LogP contribution is 2.39. The molecule has 3 aliphatic rings. The molecule has 3 aliphatic heterocycles. The summed E-state index contributed by atoms with van der Waals surface area (Å²) in [5.41, 5.74) is 0.298. The van der Waals surface area contributed by atoms with Crippen molar-refractivity contribution in [2.24, 2.45) is 5.41 Å². The van der Waals surface area contributed by atoms with Crippen molar-refractivity contribution in [3.05, 3.63) is 0 Å². The number of likely N-dealkylation sites (tertiary alicyclic amines) is 1. The van der Waals surface area contributed by atoms with Crippen LogP contribution in [0.4, 0.5) is 0 Å². The first-order valence-corrected chi connectivity index (χ1v) is 7.88. The summed E-state index contributed by atoms with van der Waals surface area (Å²) in [6, 6.07) is 0. The average molecular weight is 266 g/mol. The molecule has 0 aliphatic carbocycles. The van der Waals surface area contributed by atoms with E-state index in [9.17, 15) is 4.79 Å². The normalized spacial score (nSPS) is 30.4. The second kappa shape index (κ2) is 5.80. The number of nitrogens with one attached hydrogen (secondary N) is 1. The molecule has 1 amide bonds. The standard InChI is InChI=1S/C15H26N2O2/c18-14-11-15(5-7-16-8-6-15)12-17(14)9-1-3-13-4-2-10-19-13/h13,16H,1-12H2. The van der Waals surface area contributed by atoms with Crippen LogP contribution in [0.3, 0.4) is 0 Å². The van der Waals surface area contributed by atoms with E-state index >= 15 is 0 Å². The molecule has 108 valence electrons. The van der Waals surface area contributed by atoms with Crippen molar-refractivity contribution in [3.8, 4) is 0 Å². The van der Waals surface area contributed by atoms with Gasteiger partial charge in [-0.15, -0.1) is 0 Å². The van der Waals surface area contributed by atoms with Gasteiger partial charge >= 0.3 is 0 Å². The Balaban J connectivity index is 1.44. The topological polar surface area (TPSA) is 41.6 Å². The van der Waals surface area contributed by atoms with Gasteiger partial charge in [-0.3, -0.25) is 4.79 Å². The fourth-order valence-corrected chi connectivity index (χ4v) is 3.86. The van der Waals surface area contributed by atoms with E-state index in [2.05, 4.69) is 10.2 Å². The van der Waals surface area contributed by atoms with E-state index in [0.29, 0.717) is 17.4 Å². The first-order valence-electron chi connectivity index (χ1n) is 7.88. The minimum atomic E-state index is 0.298. The van der Waals surface area contributed by atoms with Crippen molar-refractivity contribution >= 4 is 5.91 Å². The molecule has 3 fully saturated rings. The van der Waals surface area contributed by atoms with Crippen LogP contribution in [-0.2, 0) is 9.53 Å². The van der Waals surface area contributed by atoms with E-state index in [1.165, 1.54) is 25.7 Å². The molecular weight excluding hydrogens is 240 g/mol. The van der Waals surface area contributed by atoms with Crippen molar-refractivity contribution < 1.29 is 9.53 Å². The van der Waals surface area contributed by atoms with Gasteiger partial charge in [-0.05, 0) is 57.0 Å². The minimum Gasteiger partial charge on any atom is -0.378 e. The lowest BCUT2D eigenvalue weighted by atomic mass is 9.78. The Kier molecular flexibility index (Phi) is 4.08. The zero-order valence-electron chi connectivity index (χ0n) is 11.8. The summed E-state index contributed by atoms with van der Waals surface area (Å²) < 4.78 is 5.64. The highest BCUT2D eigenvalue weighted by molar-refractivity contribution is 5.79. The van der Waals surface area contributed by atoms with Gasteiger partial charge < -0.3 is 15.0 Å². The van der Waals surface area contributed by atoms with Crippen molar-refractivity contribution in [2.75, 3.05) is 32.8 Å². The van der Waals surface area contributed by atoms with Crippen LogP contribution in [0.25, 0.3) is 0 Å². The fourth-order valence-electron chi connectivity index (χ4n) is 3.86. The van der Waals surface area contributed by atoms with Gasteiger partial charge in [0.2, 0.25) is 5.91 Å². The largest absolute Gasteiger partial charge is 0.378 e. The molecule has 0 aromatic rings. The number of nitrogens with zero attached hydrogens (tertiary/aromatic N) is 1. The van der Waals surface area contributed by atoms with Crippen molar-refractivity contribution in [2.45, 2.75) is 51.0 Å². The monoisotopic (exact) mass is 266 g/mol. The molecule has 1 atom stereocenters. The van der Waals surface area contributed by atoms with E-state index in [4.69, 9.17) is 4.74 Å². The van der Waals surface area contributed by atoms with Crippen molar-refractivity contribution in [3.63, 3.8) is 0 Å². The van der Waals surface area contributed by atoms with E-state index in [1.807, 2.05) is 0 Å². The predicted octanol–water partition coefficient (Wildman–Crippen LogP) is 1.55. The Morgan fingerprint density at radius 1 is 1.37 bits per heavy atom. The van der Waals surface area contributed by atoms with Crippen LogP contribution in [0, 0.1) is 5.41 Å². The van der Waals surface area contributed by atoms with E-state index in [1.54, 1.807) is 0 Å². The Morgan fingerprint density at radius 3 is 2.95 bits per heavy atom. The van der Waals surface area contributed by atoms with Gasteiger partial charge in [0.15, 0.2) is 0 Å². The molecule has 3 saturated heterocycles. The molecule has 0 saturated carbocycles. The van der Waals surface area contributed by atoms with Gasteiger partial charge in [0, 0.05) is 26.1 Å². The van der Waals surface area contributed by atoms with Crippen molar-refractivity contribution in [1.29, 1.82) is 0 Å². The minimum absolute atomic E-state index is 0.298. The second-order valence-corrected chi connectivity index (χ2v) is 6.52. The molecule has 0 aromatic carbocycles. The summed E-state index contributed by atoms with van der Waals surface area (Å²) >= 11 is 0. The molecule has 1 spiro atoms. The van der Waals surface area contributed by atoms with Crippen LogP contribution in [0.5, 0.6) is 0 Å². The maximum absolute atomic E-state index is 12.1. The lowest BCUT2D eigenvalue weighted by Crippen LogP contribution is -2.38. The van der Waals surface area contributed by atoms with Gasteiger partial charge in [0.25, 0.3) is 0 Å². The van der Waals surface area contributed by atoms with Gasteiger partial charge in [0.05, 0.1) is 6.10 Å². The molecule has 4 nitrogen and oxygen atoms in total. The van der Waals surface area contributed by atoms with Crippen LogP contribution in [0.2, 0.25) is 0 Å². The van der Waals surface area contributed by atoms with Gasteiger partial charge in [-0.25, -0.2) is 0 Å². The summed E-state index contributed by atoms with van der Waals surface area (Å²) in [5, 5.41) is 3.40. The number of piperidine rings is 1. The number of carbonyl (C=O) groups is 1. The Bertz CT molecular complexity index is 320. The van der Waals surface area contributed by atoms with E-state index in [-0.39, 0.29) is 0 Å². The van der Waals surface area contributed by atoms with Crippen LogP contribution < -0.4 is 5.32 Å². The molecule has 0 aromatic heterocycles. The van der Waals surface area contributed by atoms with Crippen LogP contribution >= 0.6 is 0 Å². The zero-order chi connectivity index (χ0) is 13.1. The Hall–Kier alpha value is -0.610. The number of hydrogen-bond donors (Lipinski definition) is 1. The molecule has 3 heterocycles. The SMILES string of the molecule is O=C1CC2(CCNCC2)CN1CCCC1CCCO1. The third kappa shape index (κ3) is 3.11. The zero-order valence-corrected chi connectivity index (χ0v) is 11.8. The molecule has 19 heavy (non-hydrogen) atoms. The highest BCUT2D eigenvalue weighted by atomic mass is 16.5. The quantitative estimate of drug-likeness (QED) is 0.839. The molecule has 0 bridgehead atoms. The molecule has 1 unspecified atom stereocenters. The summed E-state index contributed by atoms with van der Waals surface area (Å²) in [4.78, 5) is 14.3. The fraction of sp³-hybridized carbons (Fsp3) is 0.933. The maximum Gasteiger partial charge on any atom is 0.223 e. The maximum atomic E-state index is 12.1. The first-order chi connectivity index (χ1) is 9.27. The van der Waals surface area contributed by atoms with Crippen LogP contribution in [0.1, 0.15) is 44.9 Å². The average Bonchev–Trinajstić information content (AvgIpc) is 3.00. The molecular formula is C15H26N2O2. The van der Waals surface area contributed by atoms with Gasteiger partial charge in [-0.2, -0.15) is 0 Å².